The average Bonchev–Trinajstić information content (AvgIpc) is 3.59. The predicted octanol–water partition coefficient (Wildman–Crippen LogP) is 3.75. The fraction of sp³-hybridized carbons (Fsp3) is 0.643. The molecule has 2 N–H and O–H groups in total. The zero-order valence-electron chi connectivity index (χ0n) is 21.9. The van der Waals surface area contributed by atoms with Crippen molar-refractivity contribution in [2.24, 2.45) is 11.7 Å². The first-order valence-corrected chi connectivity index (χ1v) is 13.3. The van der Waals surface area contributed by atoms with Gasteiger partial charge in [-0.05, 0) is 58.5 Å². The van der Waals surface area contributed by atoms with Crippen LogP contribution in [0.3, 0.4) is 0 Å². The Balaban J connectivity index is 0.00000176. The number of ketones is 2. The zero-order valence-corrected chi connectivity index (χ0v) is 21.9. The summed E-state index contributed by atoms with van der Waals surface area (Å²) in [6.07, 6.45) is 16.8. The van der Waals surface area contributed by atoms with E-state index >= 15 is 0 Å². The number of Topliss-reactive ketones (excluding diaryl/α,β-unsaturated/α-hetero) is 2. The number of anilines is 1. The molecule has 3 heterocycles. The van der Waals surface area contributed by atoms with Crippen LogP contribution in [0.4, 0.5) is 5.82 Å². The Morgan fingerprint density at radius 1 is 1.11 bits per heavy atom. The van der Waals surface area contributed by atoms with Crippen molar-refractivity contribution in [1.82, 2.24) is 14.9 Å². The Hall–Kier alpha value is -2.92. The molecule has 0 amide bonds. The summed E-state index contributed by atoms with van der Waals surface area (Å²) in [5.41, 5.74) is 7.40. The molecule has 196 valence electrons. The average molecular weight is 496 g/mol. The molecule has 1 saturated carbocycles. The van der Waals surface area contributed by atoms with Gasteiger partial charge in [0.1, 0.15) is 18.2 Å². The third-order valence-corrected chi connectivity index (χ3v) is 7.47. The second-order valence-corrected chi connectivity index (χ2v) is 9.95. The maximum atomic E-state index is 13.7. The molecule has 0 aromatic carbocycles. The lowest BCUT2D eigenvalue weighted by atomic mass is 9.83. The molecule has 36 heavy (non-hydrogen) atoms. The van der Waals surface area contributed by atoms with Gasteiger partial charge in [0.15, 0.2) is 0 Å². The molecule has 8 nitrogen and oxygen atoms in total. The molecule has 2 saturated heterocycles. The summed E-state index contributed by atoms with van der Waals surface area (Å²) in [5, 5.41) is 0. The van der Waals surface area contributed by atoms with E-state index in [1.165, 1.54) is 6.42 Å². The van der Waals surface area contributed by atoms with Crippen LogP contribution < -0.4 is 15.4 Å². The summed E-state index contributed by atoms with van der Waals surface area (Å²) < 4.78 is 6.11. The lowest BCUT2D eigenvalue weighted by Gasteiger charge is -2.23. The minimum absolute atomic E-state index is 0.119. The standard InChI is InChI=1S/C26H39N5O3.C2H2/c1-3-9-20(24(27)19-11-4-5-12-21(19)32)25(33)26-28-22(31-14-6-7-15-31)16-23(29-26)34-17-18-10-8-13-30(18)2;1-2/h16,18-19H,3-15,17,27H2,1-2H3;1-2H/b24-20-;/t18-,19-;/m0./s1. The lowest BCUT2D eigenvalue weighted by Crippen LogP contribution is -2.31. The third-order valence-electron chi connectivity index (χ3n) is 7.47. The highest BCUT2D eigenvalue weighted by atomic mass is 16.5. The quantitative estimate of drug-likeness (QED) is 0.314. The van der Waals surface area contributed by atoms with E-state index in [1.54, 1.807) is 0 Å². The number of allylic oxidation sites excluding steroid dienone is 2. The fourth-order valence-corrected chi connectivity index (χ4v) is 5.36. The van der Waals surface area contributed by atoms with E-state index in [1.807, 2.05) is 13.0 Å². The molecular weight excluding hydrogens is 454 g/mol. The number of likely N-dealkylation sites (tertiary alicyclic amines) is 1. The number of carbonyl (C=O) groups is 2. The summed E-state index contributed by atoms with van der Waals surface area (Å²) in [7, 11) is 2.11. The predicted molar refractivity (Wildman–Crippen MR) is 142 cm³/mol. The Kier molecular flexibility index (Phi) is 10.3. The third kappa shape index (κ3) is 6.64. The van der Waals surface area contributed by atoms with E-state index in [9.17, 15) is 9.59 Å². The monoisotopic (exact) mass is 495 g/mol. The van der Waals surface area contributed by atoms with Gasteiger partial charge in [-0.1, -0.05) is 19.8 Å². The van der Waals surface area contributed by atoms with Crippen LogP contribution in [0, 0.1) is 18.8 Å². The number of hydrogen-bond donors (Lipinski definition) is 1. The largest absolute Gasteiger partial charge is 0.476 e. The number of terminal acetylenes is 1. The van der Waals surface area contributed by atoms with Crippen LogP contribution in [0.5, 0.6) is 5.88 Å². The van der Waals surface area contributed by atoms with Gasteiger partial charge < -0.3 is 20.3 Å². The second kappa shape index (κ2) is 13.4. The SMILES string of the molecule is C#C.CCC/C(C(=O)c1nc(OC[C@@H]2CCCN2C)cc(N2CCCC2)n1)=C(/N)[C@H]1CCCCC1=O. The summed E-state index contributed by atoms with van der Waals surface area (Å²) in [5.74, 6) is 0.782. The zero-order chi connectivity index (χ0) is 26.1. The molecule has 4 rings (SSSR count). The van der Waals surface area contributed by atoms with Crippen molar-refractivity contribution in [2.45, 2.75) is 77.2 Å². The van der Waals surface area contributed by atoms with Crippen LogP contribution in [-0.2, 0) is 4.79 Å². The number of aromatic nitrogens is 2. The van der Waals surface area contributed by atoms with Gasteiger partial charge in [-0.2, -0.15) is 4.98 Å². The molecule has 0 radical (unpaired) electrons. The number of hydrogen-bond acceptors (Lipinski definition) is 8. The van der Waals surface area contributed by atoms with Gasteiger partial charge in [-0.25, -0.2) is 4.98 Å². The Labute approximate surface area is 215 Å². The maximum Gasteiger partial charge on any atom is 0.228 e. The highest BCUT2D eigenvalue weighted by molar-refractivity contribution is 6.07. The number of nitrogens with two attached hydrogens (primary N) is 1. The van der Waals surface area contributed by atoms with Gasteiger partial charge in [0.2, 0.25) is 17.5 Å². The number of ether oxygens (including phenoxy) is 1. The Morgan fingerprint density at radius 2 is 1.86 bits per heavy atom. The van der Waals surface area contributed by atoms with Crippen molar-refractivity contribution in [2.75, 3.05) is 38.2 Å². The lowest BCUT2D eigenvalue weighted by molar-refractivity contribution is -0.123. The van der Waals surface area contributed by atoms with Gasteiger partial charge in [-0.3, -0.25) is 9.59 Å². The molecule has 3 fully saturated rings. The summed E-state index contributed by atoms with van der Waals surface area (Å²) in [6, 6.07) is 2.21. The smallest absolute Gasteiger partial charge is 0.228 e. The molecule has 2 aliphatic heterocycles. The van der Waals surface area contributed by atoms with Gasteiger partial charge in [0.05, 0.1) is 5.92 Å². The highest BCUT2D eigenvalue weighted by Crippen LogP contribution is 2.30. The minimum atomic E-state index is -0.366. The van der Waals surface area contributed by atoms with E-state index in [4.69, 9.17) is 10.5 Å². The van der Waals surface area contributed by atoms with Crippen molar-refractivity contribution in [3.8, 4) is 18.7 Å². The van der Waals surface area contributed by atoms with Crippen molar-refractivity contribution in [3.63, 3.8) is 0 Å². The van der Waals surface area contributed by atoms with Gasteiger partial charge in [-0.15, -0.1) is 12.8 Å². The van der Waals surface area contributed by atoms with E-state index in [2.05, 4.69) is 39.7 Å². The number of likely N-dealkylation sites (N-methyl/N-ethyl adjacent to an activating group) is 1. The molecule has 0 unspecified atom stereocenters. The fourth-order valence-electron chi connectivity index (χ4n) is 5.36. The van der Waals surface area contributed by atoms with E-state index in [0.717, 1.165) is 64.0 Å². The molecule has 8 heteroatoms. The molecule has 1 aliphatic carbocycles. The molecule has 0 bridgehead atoms. The summed E-state index contributed by atoms with van der Waals surface area (Å²) in [6.45, 7) is 5.44. The normalized spacial score (nSPS) is 23.1. The van der Waals surface area contributed by atoms with Crippen molar-refractivity contribution in [3.05, 3.63) is 23.2 Å². The second-order valence-electron chi connectivity index (χ2n) is 9.95. The first kappa shape index (κ1) is 27.7. The molecular formula is C28H41N5O3. The molecule has 3 aliphatic rings. The number of carbonyl (C=O) groups excluding carboxylic acids is 2. The van der Waals surface area contributed by atoms with Crippen molar-refractivity contribution in [1.29, 1.82) is 0 Å². The van der Waals surface area contributed by atoms with E-state index in [-0.39, 0.29) is 23.3 Å². The van der Waals surface area contributed by atoms with Crippen LogP contribution >= 0.6 is 0 Å². The first-order valence-electron chi connectivity index (χ1n) is 13.3. The van der Waals surface area contributed by atoms with Crippen LogP contribution in [0.1, 0.15) is 81.8 Å². The molecule has 1 aromatic rings. The molecule has 2 atom stereocenters. The summed E-state index contributed by atoms with van der Waals surface area (Å²) in [4.78, 5) is 39.9. The Bertz CT molecular complexity index is 967. The Morgan fingerprint density at radius 3 is 2.50 bits per heavy atom. The van der Waals surface area contributed by atoms with Gasteiger partial charge in [0, 0.05) is 42.9 Å². The van der Waals surface area contributed by atoms with E-state index < -0.39 is 0 Å². The van der Waals surface area contributed by atoms with Gasteiger partial charge >= 0.3 is 0 Å². The maximum absolute atomic E-state index is 13.7. The topological polar surface area (TPSA) is 102 Å². The minimum Gasteiger partial charge on any atom is -0.476 e. The summed E-state index contributed by atoms with van der Waals surface area (Å²) >= 11 is 0. The number of nitrogens with zero attached hydrogens (tertiary/aromatic N) is 4. The highest BCUT2D eigenvalue weighted by Gasteiger charge is 2.30. The molecule has 0 spiro atoms. The molecule has 1 aromatic heterocycles. The van der Waals surface area contributed by atoms with Crippen LogP contribution in [0.25, 0.3) is 0 Å². The van der Waals surface area contributed by atoms with Crippen molar-refractivity contribution >= 4 is 17.4 Å². The van der Waals surface area contributed by atoms with E-state index in [0.29, 0.717) is 49.1 Å². The van der Waals surface area contributed by atoms with Gasteiger partial charge in [0.25, 0.3) is 0 Å². The first-order chi connectivity index (χ1) is 17.5. The van der Waals surface area contributed by atoms with Crippen molar-refractivity contribution < 1.29 is 14.3 Å². The van der Waals surface area contributed by atoms with Crippen LogP contribution in [-0.4, -0.2) is 65.8 Å². The van der Waals surface area contributed by atoms with Crippen LogP contribution in [0.2, 0.25) is 0 Å². The van der Waals surface area contributed by atoms with Crippen LogP contribution in [0.15, 0.2) is 17.3 Å². The number of rotatable bonds is 9.